The van der Waals surface area contributed by atoms with Crippen LogP contribution in [0.3, 0.4) is 0 Å². The fourth-order valence-corrected chi connectivity index (χ4v) is 3.04. The van der Waals surface area contributed by atoms with Crippen molar-refractivity contribution in [1.29, 1.82) is 0 Å². The molecule has 2 aromatic rings. The van der Waals surface area contributed by atoms with Crippen molar-refractivity contribution in [3.8, 4) is 0 Å². The number of hydrogen-bond acceptors (Lipinski definition) is 3. The molecule has 20 heavy (non-hydrogen) atoms. The summed E-state index contributed by atoms with van der Waals surface area (Å²) in [6.07, 6.45) is 1.96. The second kappa shape index (κ2) is 5.02. The molecule has 3 rings (SSSR count). The maximum atomic E-state index is 12.7. The molecule has 1 aliphatic rings. The summed E-state index contributed by atoms with van der Waals surface area (Å²) >= 11 is 0. The Hall–Kier alpha value is -1.68. The molecule has 1 N–H and O–H groups in total. The molecule has 0 saturated heterocycles. The molecule has 1 aliphatic heterocycles. The van der Waals surface area contributed by atoms with E-state index in [2.05, 4.69) is 26.1 Å². The first-order chi connectivity index (χ1) is 9.61. The van der Waals surface area contributed by atoms with E-state index in [-0.39, 0.29) is 17.8 Å². The van der Waals surface area contributed by atoms with Crippen LogP contribution in [0.4, 0.5) is 0 Å². The van der Waals surface area contributed by atoms with E-state index >= 15 is 0 Å². The second-order valence-electron chi connectivity index (χ2n) is 5.94. The number of para-hydroxylation sites is 1. The van der Waals surface area contributed by atoms with Gasteiger partial charge in [0, 0.05) is 0 Å². The number of fused-ring (bicyclic) bond motifs is 2. The minimum atomic E-state index is 0.0679. The molecule has 0 aliphatic carbocycles. The van der Waals surface area contributed by atoms with Crippen molar-refractivity contribution in [1.82, 2.24) is 14.9 Å². The minimum absolute atomic E-state index is 0.0679. The van der Waals surface area contributed by atoms with Gasteiger partial charge in [0.2, 0.25) is 0 Å². The molecule has 0 fully saturated rings. The van der Waals surface area contributed by atoms with Crippen LogP contribution in [-0.4, -0.2) is 9.55 Å². The number of nitrogens with one attached hydrogen (secondary N) is 1. The number of nitrogens with zero attached hydrogens (tertiary/aromatic N) is 2. The van der Waals surface area contributed by atoms with E-state index in [9.17, 15) is 4.79 Å². The third-order valence-electron chi connectivity index (χ3n) is 3.95. The Morgan fingerprint density at radius 3 is 2.80 bits per heavy atom. The van der Waals surface area contributed by atoms with Crippen molar-refractivity contribution in [2.75, 3.05) is 0 Å². The van der Waals surface area contributed by atoms with E-state index in [0.717, 1.165) is 24.2 Å². The van der Waals surface area contributed by atoms with Gasteiger partial charge >= 0.3 is 0 Å². The first kappa shape index (κ1) is 13.3. The van der Waals surface area contributed by atoms with Crippen LogP contribution < -0.4 is 10.9 Å². The van der Waals surface area contributed by atoms with Crippen molar-refractivity contribution in [2.45, 2.75) is 45.8 Å². The van der Waals surface area contributed by atoms with Gasteiger partial charge in [-0.3, -0.25) is 14.7 Å². The molecule has 0 radical (unpaired) electrons. The molecule has 4 heteroatoms. The Morgan fingerprint density at radius 1 is 1.35 bits per heavy atom. The van der Waals surface area contributed by atoms with Gasteiger partial charge in [-0.05, 0) is 30.9 Å². The van der Waals surface area contributed by atoms with Gasteiger partial charge < -0.3 is 0 Å². The molecular formula is C16H21N3O. The van der Waals surface area contributed by atoms with Crippen molar-refractivity contribution >= 4 is 10.9 Å². The average molecular weight is 271 g/mol. The summed E-state index contributed by atoms with van der Waals surface area (Å²) < 4.78 is 1.86. The van der Waals surface area contributed by atoms with Gasteiger partial charge in [-0.15, -0.1) is 0 Å². The fourth-order valence-electron chi connectivity index (χ4n) is 3.04. The van der Waals surface area contributed by atoms with Gasteiger partial charge in [-0.1, -0.05) is 32.9 Å². The molecule has 0 saturated carbocycles. The third kappa shape index (κ3) is 2.04. The van der Waals surface area contributed by atoms with Crippen molar-refractivity contribution < 1.29 is 0 Å². The Kier molecular flexibility index (Phi) is 3.34. The topological polar surface area (TPSA) is 46.9 Å². The molecule has 1 unspecified atom stereocenters. The molecule has 106 valence electrons. The summed E-state index contributed by atoms with van der Waals surface area (Å²) in [5, 5.41) is 4.26. The lowest BCUT2D eigenvalue weighted by molar-refractivity contribution is 0.380. The molecule has 0 amide bonds. The van der Waals surface area contributed by atoms with Gasteiger partial charge in [-0.2, -0.15) is 0 Å². The first-order valence-corrected chi connectivity index (χ1v) is 7.39. The van der Waals surface area contributed by atoms with Crippen LogP contribution in [0.5, 0.6) is 0 Å². The van der Waals surface area contributed by atoms with Crippen molar-refractivity contribution in [2.24, 2.45) is 5.92 Å². The molecule has 4 nitrogen and oxygen atoms in total. The Morgan fingerprint density at radius 2 is 2.10 bits per heavy atom. The van der Waals surface area contributed by atoms with Gasteiger partial charge in [0.1, 0.15) is 5.82 Å². The van der Waals surface area contributed by atoms with E-state index < -0.39 is 0 Å². The van der Waals surface area contributed by atoms with Crippen LogP contribution in [0, 0.1) is 5.92 Å². The lowest BCUT2D eigenvalue weighted by Gasteiger charge is -2.13. The minimum Gasteiger partial charge on any atom is -0.287 e. The van der Waals surface area contributed by atoms with Crippen LogP contribution in [0.1, 0.15) is 51.6 Å². The summed E-state index contributed by atoms with van der Waals surface area (Å²) in [7, 11) is 0. The number of aromatic nitrogens is 2. The average Bonchev–Trinajstić information content (AvgIpc) is 2.77. The number of hydrogen-bond donors (Lipinski definition) is 1. The number of benzene rings is 1. The van der Waals surface area contributed by atoms with Crippen LogP contribution in [0.15, 0.2) is 29.1 Å². The molecular weight excluding hydrogens is 250 g/mol. The summed E-state index contributed by atoms with van der Waals surface area (Å²) in [5.74, 6) is 1.47. The molecule has 1 aromatic heterocycles. The fraction of sp³-hybridized carbons (Fsp3) is 0.500. The zero-order chi connectivity index (χ0) is 14.3. The van der Waals surface area contributed by atoms with Gasteiger partial charge in [0.15, 0.2) is 0 Å². The van der Waals surface area contributed by atoms with Gasteiger partial charge in [0.25, 0.3) is 5.56 Å². The Bertz CT molecular complexity index is 690. The summed E-state index contributed by atoms with van der Waals surface area (Å²) in [5.41, 5.74) is 0.882. The monoisotopic (exact) mass is 271 g/mol. The van der Waals surface area contributed by atoms with Crippen molar-refractivity contribution in [3.05, 3.63) is 40.4 Å². The lowest BCUT2D eigenvalue weighted by atomic mass is 10.0. The van der Waals surface area contributed by atoms with E-state index in [1.165, 1.54) is 0 Å². The largest absolute Gasteiger partial charge is 0.287 e. The maximum Gasteiger partial charge on any atom is 0.262 e. The maximum absolute atomic E-state index is 12.7. The lowest BCUT2D eigenvalue weighted by Crippen LogP contribution is -2.27. The SMILES string of the molecule is CCC1N[C@H](CC(C)C)c2nc3ccccc3c(=O)n21. The molecule has 2 heterocycles. The first-order valence-electron chi connectivity index (χ1n) is 7.39. The number of rotatable bonds is 3. The van der Waals surface area contributed by atoms with Crippen LogP contribution in [-0.2, 0) is 0 Å². The highest BCUT2D eigenvalue weighted by molar-refractivity contribution is 5.77. The molecule has 0 spiro atoms. The Labute approximate surface area is 118 Å². The summed E-state index contributed by atoms with van der Waals surface area (Å²) in [6, 6.07) is 7.79. The molecule has 0 bridgehead atoms. The Balaban J connectivity index is 2.21. The van der Waals surface area contributed by atoms with E-state index in [1.807, 2.05) is 28.8 Å². The van der Waals surface area contributed by atoms with E-state index in [4.69, 9.17) is 4.98 Å². The molecule has 1 aromatic carbocycles. The summed E-state index contributed by atoms with van der Waals surface area (Å²) in [4.78, 5) is 17.5. The van der Waals surface area contributed by atoms with Crippen LogP contribution >= 0.6 is 0 Å². The highest BCUT2D eigenvalue weighted by Crippen LogP contribution is 2.30. The van der Waals surface area contributed by atoms with Gasteiger partial charge in [-0.25, -0.2) is 4.98 Å². The van der Waals surface area contributed by atoms with Crippen molar-refractivity contribution in [3.63, 3.8) is 0 Å². The highest BCUT2D eigenvalue weighted by atomic mass is 16.1. The molecule has 2 atom stereocenters. The normalized spacial score (nSPS) is 21.6. The van der Waals surface area contributed by atoms with E-state index in [1.54, 1.807) is 0 Å². The standard InChI is InChI=1S/C16H21N3O/c1-4-14-17-13(9-10(2)3)15-18-12-8-6-5-7-11(12)16(20)19(14)15/h5-8,10,13-14,17H,4,9H2,1-3H3/t13-,14?/m1/s1. The van der Waals surface area contributed by atoms with Gasteiger partial charge in [0.05, 0.1) is 23.1 Å². The van der Waals surface area contributed by atoms with E-state index in [0.29, 0.717) is 11.3 Å². The smallest absolute Gasteiger partial charge is 0.262 e. The second-order valence-corrected chi connectivity index (χ2v) is 5.94. The quantitative estimate of drug-likeness (QED) is 0.933. The predicted molar refractivity (Wildman–Crippen MR) is 80.7 cm³/mol. The summed E-state index contributed by atoms with van der Waals surface area (Å²) in [6.45, 7) is 6.50. The zero-order valence-corrected chi connectivity index (χ0v) is 12.3. The predicted octanol–water partition coefficient (Wildman–Crippen LogP) is 3.00. The highest BCUT2D eigenvalue weighted by Gasteiger charge is 2.32. The zero-order valence-electron chi connectivity index (χ0n) is 12.3. The third-order valence-corrected chi connectivity index (χ3v) is 3.95. The van der Waals surface area contributed by atoms with Crippen LogP contribution in [0.25, 0.3) is 10.9 Å². The van der Waals surface area contributed by atoms with Crippen LogP contribution in [0.2, 0.25) is 0 Å².